The lowest BCUT2D eigenvalue weighted by molar-refractivity contribution is 0.0947. The number of nitrogens with zero attached hydrogens (tertiary/aromatic N) is 1. The number of rotatable bonds is 3. The fraction of sp³-hybridized carbons (Fsp3) is 0.143. The van der Waals surface area contributed by atoms with Crippen LogP contribution in [0.4, 0.5) is 8.78 Å². The lowest BCUT2D eigenvalue weighted by Gasteiger charge is -2.06. The standard InChI is InChI=1S/C14H12F2N2O/c1-9-2-3-10(7-17-9)8-18-14(19)12-5-4-11(15)6-13(12)16/h2-7H,8H2,1H3,(H,18,19). The maximum absolute atomic E-state index is 13.4. The molecule has 3 nitrogen and oxygen atoms in total. The summed E-state index contributed by atoms with van der Waals surface area (Å²) in [4.78, 5) is 15.8. The van der Waals surface area contributed by atoms with Crippen LogP contribution in [0.25, 0.3) is 0 Å². The fourth-order valence-electron chi connectivity index (χ4n) is 1.55. The molecule has 0 unspecified atom stereocenters. The molecule has 19 heavy (non-hydrogen) atoms. The molecule has 0 aliphatic carbocycles. The van der Waals surface area contributed by atoms with Gasteiger partial charge in [-0.15, -0.1) is 0 Å². The number of halogens is 2. The monoisotopic (exact) mass is 262 g/mol. The van der Waals surface area contributed by atoms with E-state index in [0.717, 1.165) is 23.4 Å². The highest BCUT2D eigenvalue weighted by molar-refractivity contribution is 5.94. The van der Waals surface area contributed by atoms with E-state index in [2.05, 4.69) is 10.3 Å². The van der Waals surface area contributed by atoms with Crippen LogP contribution in [0.5, 0.6) is 0 Å². The molecule has 1 heterocycles. The van der Waals surface area contributed by atoms with Gasteiger partial charge in [0, 0.05) is 24.5 Å². The number of nitrogens with one attached hydrogen (secondary N) is 1. The van der Waals surface area contributed by atoms with E-state index in [9.17, 15) is 13.6 Å². The van der Waals surface area contributed by atoms with Gasteiger partial charge in [0.1, 0.15) is 11.6 Å². The Morgan fingerprint density at radius 2 is 2.05 bits per heavy atom. The molecule has 1 amide bonds. The first-order valence-corrected chi connectivity index (χ1v) is 5.71. The predicted octanol–water partition coefficient (Wildman–Crippen LogP) is 2.60. The van der Waals surface area contributed by atoms with Crippen LogP contribution in [0, 0.1) is 18.6 Å². The van der Waals surface area contributed by atoms with Crippen LogP contribution in [-0.4, -0.2) is 10.9 Å². The first-order valence-electron chi connectivity index (χ1n) is 5.71. The fourth-order valence-corrected chi connectivity index (χ4v) is 1.55. The summed E-state index contributed by atoms with van der Waals surface area (Å²) in [5, 5.41) is 2.55. The number of hydrogen-bond acceptors (Lipinski definition) is 2. The molecular weight excluding hydrogens is 250 g/mol. The topological polar surface area (TPSA) is 42.0 Å². The molecule has 0 saturated carbocycles. The van der Waals surface area contributed by atoms with Crippen molar-refractivity contribution in [3.63, 3.8) is 0 Å². The summed E-state index contributed by atoms with van der Waals surface area (Å²) < 4.78 is 26.1. The molecule has 1 N–H and O–H groups in total. The van der Waals surface area contributed by atoms with Gasteiger partial charge in [0.05, 0.1) is 5.56 Å². The maximum Gasteiger partial charge on any atom is 0.254 e. The number of pyridine rings is 1. The third kappa shape index (κ3) is 3.34. The third-order valence-corrected chi connectivity index (χ3v) is 2.60. The van der Waals surface area contributed by atoms with Crippen molar-refractivity contribution in [1.29, 1.82) is 0 Å². The second-order valence-corrected chi connectivity index (χ2v) is 4.11. The van der Waals surface area contributed by atoms with E-state index in [1.807, 2.05) is 19.1 Å². The van der Waals surface area contributed by atoms with Crippen LogP contribution in [-0.2, 0) is 6.54 Å². The smallest absolute Gasteiger partial charge is 0.254 e. The van der Waals surface area contributed by atoms with Crippen molar-refractivity contribution >= 4 is 5.91 Å². The summed E-state index contributed by atoms with van der Waals surface area (Å²) in [6.07, 6.45) is 1.64. The van der Waals surface area contributed by atoms with Gasteiger partial charge in [0.25, 0.3) is 5.91 Å². The molecule has 0 bridgehead atoms. The molecule has 0 spiro atoms. The largest absolute Gasteiger partial charge is 0.348 e. The number of aryl methyl sites for hydroxylation is 1. The van der Waals surface area contributed by atoms with Crippen LogP contribution in [0.15, 0.2) is 36.5 Å². The van der Waals surface area contributed by atoms with Crippen molar-refractivity contribution < 1.29 is 13.6 Å². The highest BCUT2D eigenvalue weighted by Crippen LogP contribution is 2.09. The summed E-state index contributed by atoms with van der Waals surface area (Å²) in [5.41, 5.74) is 1.50. The van der Waals surface area contributed by atoms with Crippen molar-refractivity contribution in [1.82, 2.24) is 10.3 Å². The highest BCUT2D eigenvalue weighted by atomic mass is 19.1. The molecular formula is C14H12F2N2O. The van der Waals surface area contributed by atoms with Crippen LogP contribution in [0.2, 0.25) is 0 Å². The van der Waals surface area contributed by atoms with Crippen LogP contribution < -0.4 is 5.32 Å². The Morgan fingerprint density at radius 1 is 1.26 bits per heavy atom. The molecule has 0 aliphatic heterocycles. The summed E-state index contributed by atoms with van der Waals surface area (Å²) >= 11 is 0. The lowest BCUT2D eigenvalue weighted by Crippen LogP contribution is -2.24. The quantitative estimate of drug-likeness (QED) is 0.923. The van der Waals surface area contributed by atoms with Crippen LogP contribution in [0.3, 0.4) is 0 Å². The van der Waals surface area contributed by atoms with Crippen molar-refractivity contribution in [3.05, 3.63) is 65.0 Å². The molecule has 5 heteroatoms. The number of aromatic nitrogens is 1. The molecule has 0 radical (unpaired) electrons. The van der Waals surface area contributed by atoms with Crippen molar-refractivity contribution in [2.75, 3.05) is 0 Å². The zero-order valence-electron chi connectivity index (χ0n) is 10.3. The van der Waals surface area contributed by atoms with E-state index in [4.69, 9.17) is 0 Å². The van der Waals surface area contributed by atoms with Gasteiger partial charge in [-0.25, -0.2) is 8.78 Å². The Labute approximate surface area is 109 Å². The minimum absolute atomic E-state index is 0.179. The second kappa shape index (κ2) is 5.56. The number of carbonyl (C=O) groups is 1. The first kappa shape index (κ1) is 13.1. The molecule has 1 aromatic heterocycles. The van der Waals surface area contributed by atoms with Gasteiger partial charge in [-0.05, 0) is 30.7 Å². The van der Waals surface area contributed by atoms with Crippen molar-refractivity contribution in [2.45, 2.75) is 13.5 Å². The Kier molecular flexibility index (Phi) is 3.85. The van der Waals surface area contributed by atoms with E-state index in [0.29, 0.717) is 6.07 Å². The third-order valence-electron chi connectivity index (χ3n) is 2.60. The van der Waals surface area contributed by atoms with Gasteiger partial charge in [-0.1, -0.05) is 6.07 Å². The Morgan fingerprint density at radius 3 is 2.68 bits per heavy atom. The van der Waals surface area contributed by atoms with Gasteiger partial charge in [0.2, 0.25) is 0 Å². The number of carbonyl (C=O) groups excluding carboxylic acids is 1. The zero-order chi connectivity index (χ0) is 13.8. The van der Waals surface area contributed by atoms with Crippen LogP contribution in [0.1, 0.15) is 21.6 Å². The second-order valence-electron chi connectivity index (χ2n) is 4.11. The summed E-state index contributed by atoms with van der Waals surface area (Å²) in [5.74, 6) is -2.17. The normalized spacial score (nSPS) is 10.3. The summed E-state index contributed by atoms with van der Waals surface area (Å²) in [7, 11) is 0. The van der Waals surface area contributed by atoms with Gasteiger partial charge in [0.15, 0.2) is 0 Å². The van der Waals surface area contributed by atoms with Crippen molar-refractivity contribution in [3.8, 4) is 0 Å². The number of hydrogen-bond donors (Lipinski definition) is 1. The molecule has 1 aromatic carbocycles. The predicted molar refractivity (Wildman–Crippen MR) is 66.5 cm³/mol. The molecule has 2 rings (SSSR count). The Hall–Kier alpha value is -2.30. The minimum atomic E-state index is -0.875. The highest BCUT2D eigenvalue weighted by Gasteiger charge is 2.11. The van der Waals surface area contributed by atoms with E-state index < -0.39 is 17.5 Å². The van der Waals surface area contributed by atoms with E-state index >= 15 is 0 Å². The van der Waals surface area contributed by atoms with Gasteiger partial charge >= 0.3 is 0 Å². The van der Waals surface area contributed by atoms with E-state index in [-0.39, 0.29) is 12.1 Å². The van der Waals surface area contributed by atoms with E-state index in [1.54, 1.807) is 6.20 Å². The number of benzene rings is 1. The SMILES string of the molecule is Cc1ccc(CNC(=O)c2ccc(F)cc2F)cn1. The first-order chi connectivity index (χ1) is 9.06. The van der Waals surface area contributed by atoms with Gasteiger partial charge in [-0.3, -0.25) is 9.78 Å². The Bertz CT molecular complexity index is 597. The molecule has 0 atom stereocenters. The number of amides is 1. The molecule has 0 saturated heterocycles. The van der Waals surface area contributed by atoms with Gasteiger partial charge < -0.3 is 5.32 Å². The summed E-state index contributed by atoms with van der Waals surface area (Å²) in [6, 6.07) is 6.49. The molecule has 2 aromatic rings. The van der Waals surface area contributed by atoms with E-state index in [1.165, 1.54) is 0 Å². The average Bonchev–Trinajstić information content (AvgIpc) is 2.37. The maximum atomic E-state index is 13.4. The minimum Gasteiger partial charge on any atom is -0.348 e. The average molecular weight is 262 g/mol. The van der Waals surface area contributed by atoms with Gasteiger partial charge in [-0.2, -0.15) is 0 Å². The van der Waals surface area contributed by atoms with Crippen molar-refractivity contribution in [2.24, 2.45) is 0 Å². The van der Waals surface area contributed by atoms with Crippen LogP contribution >= 0.6 is 0 Å². The molecule has 0 fully saturated rings. The molecule has 98 valence electrons. The molecule has 0 aliphatic rings. The summed E-state index contributed by atoms with van der Waals surface area (Å²) in [6.45, 7) is 2.10. The Balaban J connectivity index is 2.03. The lowest BCUT2D eigenvalue weighted by atomic mass is 10.2. The zero-order valence-corrected chi connectivity index (χ0v) is 10.3.